The van der Waals surface area contributed by atoms with Crippen molar-refractivity contribution in [1.82, 2.24) is 20.4 Å². The summed E-state index contributed by atoms with van der Waals surface area (Å²) in [6.07, 6.45) is 0. The molecular formula is C17H12N4S. The van der Waals surface area contributed by atoms with Crippen LogP contribution in [-0.4, -0.2) is 20.4 Å². The van der Waals surface area contributed by atoms with E-state index < -0.39 is 0 Å². The van der Waals surface area contributed by atoms with E-state index in [1.54, 1.807) is 11.3 Å². The second-order valence-electron chi connectivity index (χ2n) is 4.80. The van der Waals surface area contributed by atoms with Crippen molar-refractivity contribution in [3.63, 3.8) is 0 Å². The van der Waals surface area contributed by atoms with E-state index in [1.807, 2.05) is 29.8 Å². The van der Waals surface area contributed by atoms with Crippen LogP contribution in [-0.2, 0) is 0 Å². The van der Waals surface area contributed by atoms with Gasteiger partial charge in [-0.25, -0.2) is 4.98 Å². The summed E-state index contributed by atoms with van der Waals surface area (Å²) in [5.74, 6) is 0. The van der Waals surface area contributed by atoms with Crippen molar-refractivity contribution in [2.24, 2.45) is 0 Å². The minimum Gasteiger partial charge on any atom is -0.244 e. The van der Waals surface area contributed by atoms with Gasteiger partial charge in [-0.05, 0) is 23.6 Å². The van der Waals surface area contributed by atoms with Crippen LogP contribution >= 0.6 is 11.3 Å². The van der Waals surface area contributed by atoms with Gasteiger partial charge in [0.05, 0.1) is 15.7 Å². The molecule has 0 saturated heterocycles. The number of para-hydroxylation sites is 2. The highest BCUT2D eigenvalue weighted by molar-refractivity contribution is 7.16. The van der Waals surface area contributed by atoms with Gasteiger partial charge < -0.3 is 0 Å². The second kappa shape index (κ2) is 5.54. The Labute approximate surface area is 130 Å². The third kappa shape index (κ3) is 2.31. The summed E-state index contributed by atoms with van der Waals surface area (Å²) in [7, 11) is 0. The largest absolute Gasteiger partial charge is 0.244 e. The number of H-pyrrole nitrogens is 1. The number of thiazole rings is 1. The van der Waals surface area contributed by atoms with E-state index in [0.717, 1.165) is 16.6 Å². The third-order valence-corrected chi connectivity index (χ3v) is 4.24. The number of aromatic nitrogens is 4. The van der Waals surface area contributed by atoms with Crippen LogP contribution in [0.1, 0.15) is 0 Å². The molecule has 5 heteroatoms. The molecule has 2 aromatic heterocycles. The number of benzene rings is 3. The van der Waals surface area contributed by atoms with Crippen molar-refractivity contribution in [1.29, 1.82) is 0 Å². The maximum absolute atomic E-state index is 4.37. The zero-order valence-electron chi connectivity index (χ0n) is 11.6. The van der Waals surface area contributed by atoms with E-state index >= 15 is 0 Å². The maximum Gasteiger partial charge on any atom is 0.112 e. The average molecular weight is 304 g/mol. The smallest absolute Gasteiger partial charge is 0.112 e. The molecule has 0 bridgehead atoms. The molecule has 5 aromatic rings. The van der Waals surface area contributed by atoms with Crippen LogP contribution in [0, 0.1) is 0 Å². The van der Waals surface area contributed by atoms with E-state index in [1.165, 1.54) is 15.5 Å². The lowest BCUT2D eigenvalue weighted by atomic mass is 10.1. The Hall–Kier alpha value is -2.79. The fourth-order valence-corrected chi connectivity index (χ4v) is 3.08. The Morgan fingerprint density at radius 1 is 0.773 bits per heavy atom. The number of aromatic amines is 1. The second-order valence-corrected chi connectivity index (χ2v) is 5.68. The molecule has 0 aliphatic carbocycles. The zero-order valence-corrected chi connectivity index (χ0v) is 12.4. The van der Waals surface area contributed by atoms with Gasteiger partial charge in [0.2, 0.25) is 0 Å². The molecule has 1 N–H and O–H groups in total. The standard InChI is InChI=1S/C11H7NS.C6H5N3/c1-2-4-9-8(3-1)5-6-10-11(9)12-7-13-10;1-2-4-6-5(3-1)7-9-8-6/h1-7H;1-4H,(H,7,8,9). The molecule has 0 radical (unpaired) electrons. The van der Waals surface area contributed by atoms with Crippen molar-refractivity contribution < 1.29 is 0 Å². The zero-order chi connectivity index (χ0) is 14.8. The van der Waals surface area contributed by atoms with Gasteiger partial charge >= 0.3 is 0 Å². The van der Waals surface area contributed by atoms with E-state index in [-0.39, 0.29) is 0 Å². The number of nitrogens with zero attached hydrogens (tertiary/aromatic N) is 3. The third-order valence-electron chi connectivity index (χ3n) is 3.45. The van der Waals surface area contributed by atoms with Gasteiger partial charge in [0.1, 0.15) is 11.0 Å². The van der Waals surface area contributed by atoms with E-state index in [4.69, 9.17) is 0 Å². The first-order valence-electron chi connectivity index (χ1n) is 6.88. The van der Waals surface area contributed by atoms with E-state index in [0.29, 0.717) is 0 Å². The van der Waals surface area contributed by atoms with Gasteiger partial charge in [-0.1, -0.05) is 42.5 Å². The molecule has 2 heterocycles. The van der Waals surface area contributed by atoms with Crippen LogP contribution in [0.4, 0.5) is 0 Å². The highest BCUT2D eigenvalue weighted by atomic mass is 32.1. The van der Waals surface area contributed by atoms with Crippen LogP contribution in [0.5, 0.6) is 0 Å². The van der Waals surface area contributed by atoms with E-state index in [9.17, 15) is 0 Å². The van der Waals surface area contributed by atoms with Crippen molar-refractivity contribution in [2.75, 3.05) is 0 Å². The first kappa shape index (κ1) is 12.9. The van der Waals surface area contributed by atoms with Crippen molar-refractivity contribution in [2.45, 2.75) is 0 Å². The molecule has 0 spiro atoms. The summed E-state index contributed by atoms with van der Waals surface area (Å²) in [5, 5.41) is 12.8. The predicted molar refractivity (Wildman–Crippen MR) is 91.0 cm³/mol. The molecule has 0 aliphatic rings. The maximum atomic E-state index is 4.37. The molecule has 5 rings (SSSR count). The fraction of sp³-hybridized carbons (Fsp3) is 0. The lowest BCUT2D eigenvalue weighted by Gasteiger charge is -1.96. The highest BCUT2D eigenvalue weighted by Gasteiger charge is 2.00. The Morgan fingerprint density at radius 2 is 1.50 bits per heavy atom. The molecule has 106 valence electrons. The molecule has 0 saturated carbocycles. The molecular weight excluding hydrogens is 292 g/mol. The molecule has 0 unspecified atom stereocenters. The lowest BCUT2D eigenvalue weighted by Crippen LogP contribution is -1.73. The molecule has 0 fully saturated rings. The number of hydrogen-bond donors (Lipinski definition) is 1. The summed E-state index contributed by atoms with van der Waals surface area (Å²) >= 11 is 1.69. The molecule has 4 nitrogen and oxygen atoms in total. The van der Waals surface area contributed by atoms with Gasteiger partial charge in [0, 0.05) is 5.39 Å². The Bertz CT molecular complexity index is 1020. The Kier molecular flexibility index (Phi) is 3.25. The minimum absolute atomic E-state index is 0.914. The van der Waals surface area contributed by atoms with Crippen LogP contribution in [0.3, 0.4) is 0 Å². The Balaban J connectivity index is 0.000000122. The number of nitrogens with one attached hydrogen (secondary N) is 1. The molecule has 0 atom stereocenters. The van der Waals surface area contributed by atoms with Crippen molar-refractivity contribution in [3.8, 4) is 0 Å². The normalized spacial score (nSPS) is 10.7. The lowest BCUT2D eigenvalue weighted by molar-refractivity contribution is 0.959. The number of rotatable bonds is 0. The molecule has 22 heavy (non-hydrogen) atoms. The predicted octanol–water partition coefficient (Wildman–Crippen LogP) is 4.41. The van der Waals surface area contributed by atoms with Crippen LogP contribution < -0.4 is 0 Å². The molecule has 3 aromatic carbocycles. The van der Waals surface area contributed by atoms with Crippen molar-refractivity contribution >= 4 is 43.4 Å². The summed E-state index contributed by atoms with van der Waals surface area (Å²) in [6.45, 7) is 0. The highest BCUT2D eigenvalue weighted by Crippen LogP contribution is 2.26. The fourth-order valence-electron chi connectivity index (χ4n) is 2.39. The average Bonchev–Trinajstić information content (AvgIpc) is 3.24. The first-order valence-corrected chi connectivity index (χ1v) is 7.76. The van der Waals surface area contributed by atoms with Gasteiger partial charge in [0.15, 0.2) is 0 Å². The number of fused-ring (bicyclic) bond motifs is 4. The summed E-state index contributed by atoms with van der Waals surface area (Å²) in [5.41, 5.74) is 4.86. The van der Waals surface area contributed by atoms with Crippen molar-refractivity contribution in [3.05, 3.63) is 66.2 Å². The minimum atomic E-state index is 0.914. The van der Waals surface area contributed by atoms with Crippen LogP contribution in [0.15, 0.2) is 66.2 Å². The van der Waals surface area contributed by atoms with Crippen LogP contribution in [0.25, 0.3) is 32.0 Å². The quantitative estimate of drug-likeness (QED) is 0.461. The summed E-state index contributed by atoms with van der Waals surface area (Å²) in [6, 6.07) is 20.3. The molecule has 0 aliphatic heterocycles. The summed E-state index contributed by atoms with van der Waals surface area (Å²) < 4.78 is 1.26. The molecule has 0 amide bonds. The van der Waals surface area contributed by atoms with Crippen LogP contribution in [0.2, 0.25) is 0 Å². The van der Waals surface area contributed by atoms with E-state index in [2.05, 4.69) is 56.8 Å². The van der Waals surface area contributed by atoms with Gasteiger partial charge in [-0.2, -0.15) is 15.4 Å². The van der Waals surface area contributed by atoms with Gasteiger partial charge in [-0.15, -0.1) is 11.3 Å². The monoisotopic (exact) mass is 304 g/mol. The topological polar surface area (TPSA) is 54.5 Å². The first-order chi connectivity index (χ1) is 10.9. The Morgan fingerprint density at radius 3 is 2.32 bits per heavy atom. The van der Waals surface area contributed by atoms with Gasteiger partial charge in [0.25, 0.3) is 0 Å². The number of hydrogen-bond acceptors (Lipinski definition) is 4. The van der Waals surface area contributed by atoms with Gasteiger partial charge in [-0.3, -0.25) is 0 Å². The SMILES string of the molecule is c1ccc2c(c1)ccc1scnc12.c1ccc2n[nH]nc2c1. The summed E-state index contributed by atoms with van der Waals surface area (Å²) in [4.78, 5) is 4.37.